The molecule has 0 unspecified atom stereocenters. The van der Waals surface area contributed by atoms with Crippen LogP contribution in [0.15, 0.2) is 18.3 Å². The highest BCUT2D eigenvalue weighted by molar-refractivity contribution is 5.74. The van der Waals surface area contributed by atoms with Gasteiger partial charge in [0.15, 0.2) is 0 Å². The molecule has 0 amide bonds. The molecule has 0 bridgehead atoms. The Morgan fingerprint density at radius 2 is 1.70 bits per heavy atom. The Morgan fingerprint density at radius 1 is 1.09 bits per heavy atom. The smallest absolute Gasteiger partial charge is 0.317 e. The van der Waals surface area contributed by atoms with E-state index >= 15 is 0 Å². The lowest BCUT2D eigenvalue weighted by atomic mass is 9.77. The van der Waals surface area contributed by atoms with E-state index in [9.17, 15) is 24.6 Å². The average Bonchev–Trinajstić information content (AvgIpc) is 2.90. The van der Waals surface area contributed by atoms with Crippen molar-refractivity contribution in [2.24, 2.45) is 0 Å². The van der Waals surface area contributed by atoms with Gasteiger partial charge in [0.2, 0.25) is 0 Å². The highest BCUT2D eigenvalue weighted by Crippen LogP contribution is 2.32. The zero-order valence-electron chi connectivity index (χ0n) is 12.4. The number of rotatable bonds is 11. The van der Waals surface area contributed by atoms with Gasteiger partial charge in [-0.2, -0.15) is 0 Å². The predicted molar refractivity (Wildman–Crippen MR) is 78.1 cm³/mol. The third kappa shape index (κ3) is 5.72. The fraction of sp³-hybridized carbons (Fsp3) is 0.500. The van der Waals surface area contributed by atoms with Crippen LogP contribution in [0.2, 0.25) is 0 Å². The topological polar surface area (TPSA) is 151 Å². The van der Waals surface area contributed by atoms with Gasteiger partial charge in [-0.3, -0.25) is 19.3 Å². The molecule has 5 N–H and O–H groups in total. The van der Waals surface area contributed by atoms with Crippen LogP contribution in [0.3, 0.4) is 0 Å². The van der Waals surface area contributed by atoms with Gasteiger partial charge in [-0.05, 0) is 12.1 Å². The van der Waals surface area contributed by atoms with Gasteiger partial charge in [0.1, 0.15) is 0 Å². The van der Waals surface area contributed by atoms with Crippen molar-refractivity contribution in [3.63, 3.8) is 0 Å². The number of carbonyl (C=O) groups is 3. The summed E-state index contributed by atoms with van der Waals surface area (Å²) in [5.74, 6) is -3.54. The third-order valence-electron chi connectivity index (χ3n) is 3.45. The number of hydrogen-bond acceptors (Lipinski definition) is 5. The maximum Gasteiger partial charge on any atom is 0.317 e. The number of H-pyrrole nitrogens is 1. The SMILES string of the molecule is O=C(O)CN(CCO)CC(CC(=O)O)(CC(=O)O)c1ccc[nH]1. The molecule has 1 heterocycles. The summed E-state index contributed by atoms with van der Waals surface area (Å²) in [5, 5.41) is 36.4. The van der Waals surface area contributed by atoms with E-state index in [4.69, 9.17) is 10.2 Å². The summed E-state index contributed by atoms with van der Waals surface area (Å²) >= 11 is 0. The summed E-state index contributed by atoms with van der Waals surface area (Å²) in [6.45, 7) is -0.885. The van der Waals surface area contributed by atoms with Gasteiger partial charge in [0.05, 0.1) is 26.0 Å². The molecule has 0 atom stereocenters. The van der Waals surface area contributed by atoms with Crippen LogP contribution in [0.5, 0.6) is 0 Å². The van der Waals surface area contributed by atoms with Crippen molar-refractivity contribution >= 4 is 17.9 Å². The molecule has 0 aliphatic heterocycles. The first-order valence-electron chi connectivity index (χ1n) is 6.91. The Kier molecular flexibility index (Phi) is 6.73. The quantitative estimate of drug-likeness (QED) is 0.367. The molecule has 1 aromatic rings. The number of nitrogens with zero attached hydrogens (tertiary/aromatic N) is 1. The number of hydrogen-bond donors (Lipinski definition) is 5. The summed E-state index contributed by atoms with van der Waals surface area (Å²) in [6, 6.07) is 3.19. The van der Waals surface area contributed by atoms with E-state index in [2.05, 4.69) is 4.98 Å². The Balaban J connectivity index is 3.20. The van der Waals surface area contributed by atoms with Gasteiger partial charge in [-0.15, -0.1) is 0 Å². The predicted octanol–water partition coefficient (Wildman–Crippen LogP) is -0.419. The summed E-state index contributed by atoms with van der Waals surface area (Å²) in [7, 11) is 0. The number of aliphatic hydroxyl groups is 1. The molecule has 0 fully saturated rings. The number of carboxylic acids is 3. The zero-order valence-corrected chi connectivity index (χ0v) is 12.4. The number of carboxylic acid groups (broad SMARTS) is 3. The number of nitrogens with one attached hydrogen (secondary N) is 1. The molecule has 9 heteroatoms. The number of aliphatic carboxylic acids is 3. The van der Waals surface area contributed by atoms with Crippen LogP contribution in [0.4, 0.5) is 0 Å². The lowest BCUT2D eigenvalue weighted by Crippen LogP contribution is -2.46. The molecule has 128 valence electrons. The van der Waals surface area contributed by atoms with Crippen molar-refractivity contribution in [1.29, 1.82) is 0 Å². The summed E-state index contributed by atoms with van der Waals surface area (Å²) in [5.41, 5.74) is -0.929. The van der Waals surface area contributed by atoms with E-state index in [1.807, 2.05) is 0 Å². The van der Waals surface area contributed by atoms with E-state index < -0.39 is 42.7 Å². The van der Waals surface area contributed by atoms with E-state index in [-0.39, 0.29) is 19.7 Å². The zero-order chi connectivity index (χ0) is 17.5. The highest BCUT2D eigenvalue weighted by atomic mass is 16.4. The second kappa shape index (κ2) is 8.30. The van der Waals surface area contributed by atoms with Crippen LogP contribution < -0.4 is 0 Å². The minimum atomic E-state index is -1.33. The van der Waals surface area contributed by atoms with Crippen molar-refractivity contribution in [2.45, 2.75) is 18.3 Å². The Bertz CT molecular complexity index is 525. The summed E-state index contributed by atoms with van der Waals surface area (Å²) in [4.78, 5) is 37.6. The van der Waals surface area contributed by atoms with Gasteiger partial charge in [0.25, 0.3) is 0 Å². The standard InChI is InChI=1S/C14H20N2O7/c17-5-4-16(8-13(22)23)9-14(6-11(18)19,7-12(20)21)10-2-1-3-15-10/h1-3,15,17H,4-9H2,(H,18,19)(H,20,21)(H,22,23). The van der Waals surface area contributed by atoms with Gasteiger partial charge in [0, 0.05) is 30.4 Å². The minimum absolute atomic E-state index is 0.00596. The van der Waals surface area contributed by atoms with Crippen LogP contribution in [-0.2, 0) is 19.8 Å². The molecule has 0 radical (unpaired) electrons. The molecular weight excluding hydrogens is 308 g/mol. The monoisotopic (exact) mass is 328 g/mol. The van der Waals surface area contributed by atoms with Crippen LogP contribution in [0.1, 0.15) is 18.5 Å². The second-order valence-corrected chi connectivity index (χ2v) is 5.33. The van der Waals surface area contributed by atoms with Crippen molar-refractivity contribution in [2.75, 3.05) is 26.2 Å². The molecule has 23 heavy (non-hydrogen) atoms. The number of aromatic amines is 1. The third-order valence-corrected chi connectivity index (χ3v) is 3.45. The van der Waals surface area contributed by atoms with Gasteiger partial charge >= 0.3 is 17.9 Å². The lowest BCUT2D eigenvalue weighted by molar-refractivity contribution is -0.142. The largest absolute Gasteiger partial charge is 0.481 e. The molecule has 0 aliphatic carbocycles. The van der Waals surface area contributed by atoms with Crippen LogP contribution in [0.25, 0.3) is 0 Å². The van der Waals surface area contributed by atoms with Crippen molar-refractivity contribution in [3.05, 3.63) is 24.0 Å². The molecular formula is C14H20N2O7. The van der Waals surface area contributed by atoms with E-state index in [1.165, 1.54) is 4.90 Å². The molecule has 0 aliphatic rings. The van der Waals surface area contributed by atoms with Crippen molar-refractivity contribution < 1.29 is 34.8 Å². The van der Waals surface area contributed by atoms with Crippen molar-refractivity contribution in [3.8, 4) is 0 Å². The highest BCUT2D eigenvalue weighted by Gasteiger charge is 2.40. The normalized spacial score (nSPS) is 11.6. The first kappa shape index (κ1) is 18.7. The fourth-order valence-electron chi connectivity index (χ4n) is 2.66. The Hall–Kier alpha value is -2.39. The van der Waals surface area contributed by atoms with E-state index in [1.54, 1.807) is 18.3 Å². The molecule has 1 aromatic heterocycles. The Labute approximate surface area is 132 Å². The molecule has 1 rings (SSSR count). The summed E-state index contributed by atoms with van der Waals surface area (Å²) in [6.07, 6.45) is 0.573. The van der Waals surface area contributed by atoms with Crippen LogP contribution in [0, 0.1) is 0 Å². The van der Waals surface area contributed by atoms with Gasteiger partial charge in [-0.25, -0.2) is 0 Å². The van der Waals surface area contributed by atoms with Crippen molar-refractivity contribution in [1.82, 2.24) is 9.88 Å². The fourth-order valence-corrected chi connectivity index (χ4v) is 2.66. The maximum absolute atomic E-state index is 11.3. The minimum Gasteiger partial charge on any atom is -0.481 e. The van der Waals surface area contributed by atoms with Crippen LogP contribution in [-0.4, -0.2) is 74.5 Å². The maximum atomic E-state index is 11.3. The number of aliphatic hydroxyl groups excluding tert-OH is 1. The van der Waals surface area contributed by atoms with Gasteiger partial charge in [-0.1, -0.05) is 0 Å². The first-order chi connectivity index (χ1) is 10.8. The molecule has 0 spiro atoms. The molecule has 0 saturated heterocycles. The average molecular weight is 328 g/mol. The van der Waals surface area contributed by atoms with Crippen LogP contribution >= 0.6 is 0 Å². The summed E-state index contributed by atoms with van der Waals surface area (Å²) < 4.78 is 0. The molecule has 0 aromatic carbocycles. The molecule has 0 saturated carbocycles. The first-order valence-corrected chi connectivity index (χ1v) is 6.91. The van der Waals surface area contributed by atoms with E-state index in [0.717, 1.165) is 0 Å². The van der Waals surface area contributed by atoms with E-state index in [0.29, 0.717) is 5.69 Å². The molecule has 9 nitrogen and oxygen atoms in total. The Morgan fingerprint density at radius 3 is 2.09 bits per heavy atom. The number of aromatic nitrogens is 1. The lowest BCUT2D eigenvalue weighted by Gasteiger charge is -2.35. The van der Waals surface area contributed by atoms with Gasteiger partial charge < -0.3 is 25.4 Å². The second-order valence-electron chi connectivity index (χ2n) is 5.33.